The van der Waals surface area contributed by atoms with Gasteiger partial charge in [-0.15, -0.1) is 34.8 Å². The molecule has 0 saturated carbocycles. The molecule has 11 rings (SSSR count). The molecule has 0 unspecified atom stereocenters. The van der Waals surface area contributed by atoms with E-state index >= 15 is 0 Å². The van der Waals surface area contributed by atoms with E-state index in [0.29, 0.717) is 0 Å². The van der Waals surface area contributed by atoms with Crippen LogP contribution < -0.4 is 4.98 Å². The maximum absolute atomic E-state index is 5.48. The first kappa shape index (κ1) is 32.1. The fourth-order valence-corrected chi connectivity index (χ4v) is 7.86. The van der Waals surface area contributed by atoms with Gasteiger partial charge in [-0.2, -0.15) is 0 Å². The van der Waals surface area contributed by atoms with Gasteiger partial charge in [-0.3, -0.25) is 9.55 Å². The first-order valence-electron chi connectivity index (χ1n) is 17.6. The molecule has 0 spiro atoms. The molecule has 0 aliphatic heterocycles. The zero-order valence-electron chi connectivity index (χ0n) is 28.7. The SMILES string of the molecule is [Pt+2].[c-]1c(-c2cccc3c2nc(-c2cccc4c2[n-]c2ccccc24)n3-c2ccccc2)ccc2c3cc(-c4ccncc4)ccc3n(-c3ccccn3)c12. The van der Waals surface area contributed by atoms with E-state index in [1.807, 2.05) is 61.1 Å². The van der Waals surface area contributed by atoms with Crippen molar-refractivity contribution >= 4 is 54.6 Å². The average Bonchev–Trinajstić information content (AvgIpc) is 3.91. The quantitative estimate of drug-likeness (QED) is 0.162. The Morgan fingerprint density at radius 1 is 0.537 bits per heavy atom. The maximum Gasteiger partial charge on any atom is 2.00 e. The molecular formula is C47H28N6Pt. The van der Waals surface area contributed by atoms with Crippen molar-refractivity contribution in [3.63, 3.8) is 0 Å². The summed E-state index contributed by atoms with van der Waals surface area (Å²) < 4.78 is 4.47. The van der Waals surface area contributed by atoms with Gasteiger partial charge in [0.15, 0.2) is 0 Å². The van der Waals surface area contributed by atoms with Crippen LogP contribution in [0.2, 0.25) is 0 Å². The smallest absolute Gasteiger partial charge is 0.656 e. The van der Waals surface area contributed by atoms with Crippen LogP contribution in [0.1, 0.15) is 0 Å². The summed E-state index contributed by atoms with van der Waals surface area (Å²) in [5.41, 5.74) is 12.1. The monoisotopic (exact) mass is 871 g/mol. The molecule has 0 N–H and O–H groups in total. The second-order valence-corrected chi connectivity index (χ2v) is 13.2. The third-order valence-electron chi connectivity index (χ3n) is 10.3. The number of para-hydroxylation sites is 4. The molecule has 0 bridgehead atoms. The zero-order valence-corrected chi connectivity index (χ0v) is 30.9. The fraction of sp³-hybridized carbons (Fsp3) is 0. The number of benzene rings is 6. The molecule has 0 radical (unpaired) electrons. The van der Waals surface area contributed by atoms with Crippen LogP contribution in [0.3, 0.4) is 0 Å². The van der Waals surface area contributed by atoms with E-state index in [4.69, 9.17) is 15.0 Å². The van der Waals surface area contributed by atoms with Crippen molar-refractivity contribution in [1.82, 2.24) is 29.1 Å². The average molecular weight is 872 g/mol. The molecule has 0 fully saturated rings. The van der Waals surface area contributed by atoms with Crippen LogP contribution in [0.25, 0.3) is 99.8 Å². The van der Waals surface area contributed by atoms with Crippen molar-refractivity contribution in [2.45, 2.75) is 0 Å². The summed E-state index contributed by atoms with van der Waals surface area (Å²) in [6.07, 6.45) is 5.51. The zero-order chi connectivity index (χ0) is 34.9. The van der Waals surface area contributed by atoms with Gasteiger partial charge in [-0.05, 0) is 81.3 Å². The molecule has 5 heterocycles. The Morgan fingerprint density at radius 3 is 2.20 bits per heavy atom. The fourth-order valence-electron chi connectivity index (χ4n) is 7.86. The number of aromatic nitrogens is 6. The molecule has 0 atom stereocenters. The molecular weight excluding hydrogens is 844 g/mol. The van der Waals surface area contributed by atoms with Crippen molar-refractivity contribution < 1.29 is 21.1 Å². The second kappa shape index (κ2) is 12.8. The predicted octanol–water partition coefficient (Wildman–Crippen LogP) is 11.0. The molecule has 5 aromatic heterocycles. The molecule has 6 aromatic carbocycles. The van der Waals surface area contributed by atoms with E-state index in [0.717, 1.165) is 99.8 Å². The minimum Gasteiger partial charge on any atom is -0.656 e. The Hall–Kier alpha value is -6.62. The minimum absolute atomic E-state index is 0. The van der Waals surface area contributed by atoms with Crippen LogP contribution in [0, 0.1) is 6.07 Å². The Kier molecular flexibility index (Phi) is 7.60. The number of nitrogens with zero attached hydrogens (tertiary/aromatic N) is 6. The van der Waals surface area contributed by atoms with Gasteiger partial charge in [0, 0.05) is 35.4 Å². The predicted molar refractivity (Wildman–Crippen MR) is 214 cm³/mol. The molecule has 0 aliphatic carbocycles. The Labute approximate surface area is 324 Å². The second-order valence-electron chi connectivity index (χ2n) is 13.2. The largest absolute Gasteiger partial charge is 2.00 e. The minimum atomic E-state index is 0. The number of pyridine rings is 2. The van der Waals surface area contributed by atoms with Crippen molar-refractivity contribution in [2.75, 3.05) is 0 Å². The molecule has 54 heavy (non-hydrogen) atoms. The van der Waals surface area contributed by atoms with Crippen molar-refractivity contribution in [3.8, 4) is 45.1 Å². The number of hydrogen-bond acceptors (Lipinski definition) is 3. The summed E-state index contributed by atoms with van der Waals surface area (Å²) in [6.45, 7) is 0. The third-order valence-corrected chi connectivity index (χ3v) is 10.3. The molecule has 0 saturated heterocycles. The molecule has 7 heteroatoms. The molecule has 256 valence electrons. The van der Waals surface area contributed by atoms with E-state index in [-0.39, 0.29) is 21.1 Å². The van der Waals surface area contributed by atoms with Crippen LogP contribution >= 0.6 is 0 Å². The standard InChI is InChI=1S/C47H28N6.Pt/c1-2-10-33(11-3-1)52-42-17-9-13-34(46(42)51-47(52)38-15-8-14-37-35-12-4-5-16-40(35)50-45(37)38)32-19-21-36-39-28-31(30-23-26-48-27-24-30)20-22-41(39)53(43(36)29-32)44-18-6-7-25-49-44;/h1-28H;/q-2;+2. The normalized spacial score (nSPS) is 11.6. The van der Waals surface area contributed by atoms with Gasteiger partial charge in [0.2, 0.25) is 0 Å². The van der Waals surface area contributed by atoms with Crippen molar-refractivity contribution in [1.29, 1.82) is 0 Å². The number of imidazole rings is 1. The van der Waals surface area contributed by atoms with Crippen molar-refractivity contribution in [3.05, 3.63) is 176 Å². The van der Waals surface area contributed by atoms with Gasteiger partial charge < -0.3 is 9.55 Å². The van der Waals surface area contributed by atoms with Gasteiger partial charge in [0.05, 0.1) is 11.0 Å². The van der Waals surface area contributed by atoms with E-state index in [2.05, 4.69) is 129 Å². The van der Waals surface area contributed by atoms with Crippen LogP contribution in [-0.4, -0.2) is 24.1 Å². The summed E-state index contributed by atoms with van der Waals surface area (Å²) in [5.74, 6) is 1.69. The van der Waals surface area contributed by atoms with Gasteiger partial charge >= 0.3 is 21.1 Å². The van der Waals surface area contributed by atoms with Gasteiger partial charge in [-0.1, -0.05) is 102 Å². The molecule has 0 amide bonds. The van der Waals surface area contributed by atoms with Crippen LogP contribution in [-0.2, 0) is 21.1 Å². The van der Waals surface area contributed by atoms with Gasteiger partial charge in [0.25, 0.3) is 0 Å². The van der Waals surface area contributed by atoms with Crippen LogP contribution in [0.4, 0.5) is 0 Å². The first-order chi connectivity index (χ1) is 26.3. The van der Waals surface area contributed by atoms with Gasteiger partial charge in [-0.25, -0.2) is 9.97 Å². The van der Waals surface area contributed by atoms with Gasteiger partial charge in [0.1, 0.15) is 11.6 Å². The van der Waals surface area contributed by atoms with Crippen LogP contribution in [0.15, 0.2) is 170 Å². The number of rotatable bonds is 5. The molecule has 6 nitrogen and oxygen atoms in total. The first-order valence-corrected chi connectivity index (χ1v) is 17.6. The Balaban J connectivity index is 0.00000361. The van der Waals surface area contributed by atoms with Crippen LogP contribution in [0.5, 0.6) is 0 Å². The molecule has 11 aromatic rings. The topological polar surface area (TPSA) is 62.6 Å². The maximum atomic E-state index is 5.48. The Bertz CT molecular complexity index is 3160. The summed E-state index contributed by atoms with van der Waals surface area (Å²) in [6, 6.07) is 56.6. The van der Waals surface area contributed by atoms with E-state index in [9.17, 15) is 0 Å². The Morgan fingerprint density at radius 2 is 1.33 bits per heavy atom. The number of fused-ring (bicyclic) bond motifs is 7. The third kappa shape index (κ3) is 4.95. The summed E-state index contributed by atoms with van der Waals surface area (Å²) in [4.78, 5) is 19.6. The molecule has 0 aliphatic rings. The number of hydrogen-bond donors (Lipinski definition) is 0. The van der Waals surface area contributed by atoms with E-state index < -0.39 is 0 Å². The summed E-state index contributed by atoms with van der Waals surface area (Å²) in [7, 11) is 0. The van der Waals surface area contributed by atoms with E-state index in [1.54, 1.807) is 0 Å². The summed E-state index contributed by atoms with van der Waals surface area (Å²) in [5, 5.41) is 4.51. The summed E-state index contributed by atoms with van der Waals surface area (Å²) >= 11 is 0. The van der Waals surface area contributed by atoms with Crippen molar-refractivity contribution in [2.24, 2.45) is 0 Å². The van der Waals surface area contributed by atoms with E-state index in [1.165, 1.54) is 0 Å².